The van der Waals surface area contributed by atoms with Crippen molar-refractivity contribution in [1.29, 1.82) is 0 Å². The van der Waals surface area contributed by atoms with Crippen molar-refractivity contribution in [3.05, 3.63) is 29.8 Å². The van der Waals surface area contributed by atoms with Crippen LogP contribution in [0, 0.1) is 29.6 Å². The molecule has 3 fully saturated rings. The summed E-state index contributed by atoms with van der Waals surface area (Å²) in [5, 5.41) is 8.37. The van der Waals surface area contributed by atoms with E-state index in [0.29, 0.717) is 50.1 Å². The van der Waals surface area contributed by atoms with E-state index < -0.39 is 156 Å². The first-order valence-corrected chi connectivity index (χ1v) is 30.6. The Labute approximate surface area is 504 Å². The molecule has 85 heavy (non-hydrogen) atoms. The fourth-order valence-electron chi connectivity index (χ4n) is 11.9. The highest BCUT2D eigenvalue weighted by Gasteiger charge is 2.46. The third-order valence-electron chi connectivity index (χ3n) is 17.5. The molecule has 0 bridgehead atoms. The van der Waals surface area contributed by atoms with Crippen LogP contribution in [0.15, 0.2) is 24.3 Å². The third-order valence-corrected chi connectivity index (χ3v) is 17.5. The fraction of sp³-hybridized carbons (Fsp3) is 0.726. The van der Waals surface area contributed by atoms with Crippen LogP contribution in [-0.4, -0.2) is 222 Å². The Morgan fingerprint density at radius 2 is 1.12 bits per heavy atom. The van der Waals surface area contributed by atoms with Crippen LogP contribution in [0.2, 0.25) is 0 Å². The molecule has 0 spiro atoms. The number of nitrogens with zero attached hydrogens (tertiary/aromatic N) is 7. The summed E-state index contributed by atoms with van der Waals surface area (Å²) in [4.78, 5) is 171. The molecule has 0 unspecified atom stereocenters. The van der Waals surface area contributed by atoms with E-state index in [4.69, 9.17) is 9.47 Å². The van der Waals surface area contributed by atoms with E-state index >= 15 is 14.4 Å². The van der Waals surface area contributed by atoms with E-state index in [2.05, 4.69) is 16.0 Å². The lowest BCUT2D eigenvalue weighted by atomic mass is 9.92. The quantitative estimate of drug-likeness (QED) is 0.254. The van der Waals surface area contributed by atoms with Gasteiger partial charge in [-0.25, -0.2) is 4.79 Å². The van der Waals surface area contributed by atoms with Gasteiger partial charge in [0.2, 0.25) is 53.2 Å². The maximum Gasteiger partial charge on any atom is 0.329 e. The van der Waals surface area contributed by atoms with Crippen molar-refractivity contribution in [3.8, 4) is 5.75 Å². The van der Waals surface area contributed by atoms with Gasteiger partial charge in [-0.05, 0) is 92.7 Å². The van der Waals surface area contributed by atoms with E-state index in [1.165, 1.54) is 73.8 Å². The highest BCUT2D eigenvalue weighted by molar-refractivity contribution is 6.00. The zero-order chi connectivity index (χ0) is 63.9. The van der Waals surface area contributed by atoms with Gasteiger partial charge in [-0.1, -0.05) is 94.2 Å². The minimum absolute atomic E-state index is 0.105. The van der Waals surface area contributed by atoms with Gasteiger partial charge in [-0.15, -0.1) is 0 Å². The first kappa shape index (κ1) is 70.7. The Hall–Kier alpha value is -6.81. The number of esters is 1. The second kappa shape index (κ2) is 32.1. The van der Waals surface area contributed by atoms with E-state index in [9.17, 15) is 38.4 Å². The molecule has 23 nitrogen and oxygen atoms in total. The molecule has 3 aliphatic heterocycles. The largest absolute Gasteiger partial charge is 0.497 e. The standard InChI is InChI=1S/C62H100N10O13/c1-18-39(9)52-54(75)63-35-48(74)67(13)50(37(5)6)55(76)64-44(33-42-26-28-43(84-17)29-27-42)62(83)85-41(11)57(78)72-32-24-21-25-45(72)58(79)68(14)51(38(7)8)56(77)65-49(36(3)4)60(81)66(12)46(34-47(73)71-30-22-20-23-31-71)59(80)70(16)53(40(10)19-2)61(82)69(52)15/h26-29,36-41,44-46,49-53H,18-25,30-35H2,1-17H3,(H,63,75)(H,64,76)(H,65,77)/t39-,40-,41-,44-,45-,46-,49-,50-,51-,52-,53-/m0/s1. The molecule has 3 N–H and O–H groups in total. The maximum absolute atomic E-state index is 15.4. The number of fused-ring (bicyclic) bond motifs is 1. The number of rotatable bonds is 12. The van der Waals surface area contributed by atoms with Gasteiger partial charge in [0.1, 0.15) is 54.1 Å². The Bertz CT molecular complexity index is 2520. The molecule has 0 saturated carbocycles. The Balaban J connectivity index is 1.90. The summed E-state index contributed by atoms with van der Waals surface area (Å²) in [6.07, 6.45) is 2.55. The number of carbonyl (C=O) groups excluding carboxylic acids is 11. The van der Waals surface area contributed by atoms with Crippen molar-refractivity contribution in [2.45, 2.75) is 195 Å². The molecule has 3 saturated heterocycles. The summed E-state index contributed by atoms with van der Waals surface area (Å²) >= 11 is 0. The predicted molar refractivity (Wildman–Crippen MR) is 320 cm³/mol. The number of nitrogens with one attached hydrogen (secondary N) is 3. The third kappa shape index (κ3) is 17.7. The molecule has 1 aromatic carbocycles. The number of amides is 10. The lowest BCUT2D eigenvalue weighted by Crippen LogP contribution is -2.63. The van der Waals surface area contributed by atoms with Crippen LogP contribution in [-0.2, 0) is 63.9 Å². The molecule has 476 valence electrons. The molecule has 0 aliphatic carbocycles. The molecule has 11 atom stereocenters. The van der Waals surface area contributed by atoms with Crippen LogP contribution < -0.4 is 20.7 Å². The number of cyclic esters (lactones) is 1. The normalized spacial score (nSPS) is 27.0. The minimum Gasteiger partial charge on any atom is -0.497 e. The number of likely N-dealkylation sites (tertiary alicyclic amines) is 1. The van der Waals surface area contributed by atoms with E-state index in [1.807, 2.05) is 13.8 Å². The van der Waals surface area contributed by atoms with Gasteiger partial charge < -0.3 is 59.7 Å². The zero-order valence-electron chi connectivity index (χ0n) is 53.7. The average molecular weight is 1190 g/mol. The monoisotopic (exact) mass is 1190 g/mol. The summed E-state index contributed by atoms with van der Waals surface area (Å²) in [5.41, 5.74) is 0.592. The van der Waals surface area contributed by atoms with Crippen LogP contribution in [0.5, 0.6) is 5.75 Å². The first-order chi connectivity index (χ1) is 39.9. The molecule has 23 heteroatoms. The minimum atomic E-state index is -1.47. The van der Waals surface area contributed by atoms with Crippen molar-refractivity contribution in [2.24, 2.45) is 29.6 Å². The lowest BCUT2D eigenvalue weighted by molar-refractivity contribution is -0.165. The summed E-state index contributed by atoms with van der Waals surface area (Å²) in [5.74, 6) is -9.53. The van der Waals surface area contributed by atoms with Crippen molar-refractivity contribution >= 4 is 65.0 Å². The van der Waals surface area contributed by atoms with Gasteiger partial charge in [0.25, 0.3) is 5.91 Å². The van der Waals surface area contributed by atoms with Crippen molar-refractivity contribution in [2.75, 3.05) is 68.5 Å². The molecule has 0 aromatic heterocycles. The number of methoxy groups -OCH3 is 1. The fourth-order valence-corrected chi connectivity index (χ4v) is 11.9. The molecule has 10 amide bonds. The highest BCUT2D eigenvalue weighted by atomic mass is 16.5. The smallest absolute Gasteiger partial charge is 0.329 e. The van der Waals surface area contributed by atoms with Gasteiger partial charge >= 0.3 is 5.97 Å². The lowest BCUT2D eigenvalue weighted by Gasteiger charge is -2.41. The van der Waals surface area contributed by atoms with Crippen LogP contribution >= 0.6 is 0 Å². The number of likely N-dealkylation sites (N-methyl/N-ethyl adjacent to an activating group) is 5. The Kier molecular flexibility index (Phi) is 26.7. The summed E-state index contributed by atoms with van der Waals surface area (Å²) in [7, 11) is 8.64. The number of piperidine rings is 2. The molecular weight excluding hydrogens is 1090 g/mol. The second-order valence-electron chi connectivity index (χ2n) is 24.7. The van der Waals surface area contributed by atoms with Crippen LogP contribution in [0.1, 0.15) is 140 Å². The van der Waals surface area contributed by atoms with Crippen LogP contribution in [0.25, 0.3) is 0 Å². The Morgan fingerprint density at radius 3 is 1.67 bits per heavy atom. The van der Waals surface area contributed by atoms with Crippen molar-refractivity contribution < 1.29 is 62.2 Å². The predicted octanol–water partition coefficient (Wildman–Crippen LogP) is 3.25. The summed E-state index contributed by atoms with van der Waals surface area (Å²) in [6, 6.07) is -3.25. The van der Waals surface area contributed by atoms with Crippen molar-refractivity contribution in [1.82, 2.24) is 50.2 Å². The molecule has 1 aromatic rings. The van der Waals surface area contributed by atoms with Gasteiger partial charge in [-0.3, -0.25) is 47.9 Å². The topological polar surface area (TPSA) is 265 Å². The van der Waals surface area contributed by atoms with Crippen LogP contribution in [0.3, 0.4) is 0 Å². The molecule has 4 rings (SSSR count). The van der Waals surface area contributed by atoms with Gasteiger partial charge in [0.05, 0.1) is 20.1 Å². The maximum atomic E-state index is 15.4. The van der Waals surface area contributed by atoms with Gasteiger partial charge in [0, 0.05) is 61.3 Å². The SMILES string of the molecule is CC[C@H](C)[C@H]1C(=O)NCC(=O)N(C)[C@@H](C(C)C)C(=O)N[C@@H](Cc2ccc(OC)cc2)C(=O)O[C@@H](C)C(=O)N2CCCC[C@H]2C(=O)N(C)[C@@H](C(C)C)C(=O)N[C@@H](C(C)C)C(=O)N(C)[C@@H](CC(=O)N2CCCCC2)C(=O)N(C)[C@@H]([C@@H](C)CC)C(=O)N1C. The average Bonchev–Trinajstić information content (AvgIpc) is 3.44. The number of hydrogen-bond donors (Lipinski definition) is 3. The second-order valence-corrected chi connectivity index (χ2v) is 24.7. The number of carbonyl (C=O) groups is 11. The van der Waals surface area contributed by atoms with E-state index in [-0.39, 0.29) is 25.3 Å². The Morgan fingerprint density at radius 1 is 0.588 bits per heavy atom. The number of hydrogen-bond acceptors (Lipinski definition) is 13. The van der Waals surface area contributed by atoms with Crippen molar-refractivity contribution in [3.63, 3.8) is 0 Å². The van der Waals surface area contributed by atoms with Gasteiger partial charge in [0.15, 0.2) is 6.10 Å². The number of ether oxygens (including phenoxy) is 2. The first-order valence-electron chi connectivity index (χ1n) is 30.6. The van der Waals surface area contributed by atoms with E-state index in [1.54, 1.807) is 84.6 Å². The van der Waals surface area contributed by atoms with E-state index in [0.717, 1.165) is 24.2 Å². The molecular formula is C62H100N10O13. The highest BCUT2D eigenvalue weighted by Crippen LogP contribution is 2.27. The summed E-state index contributed by atoms with van der Waals surface area (Å²) in [6.45, 7) is 19.4. The molecule has 3 aliphatic rings. The summed E-state index contributed by atoms with van der Waals surface area (Å²) < 4.78 is 11.2. The molecule has 3 heterocycles. The molecule has 0 radical (unpaired) electrons. The zero-order valence-corrected chi connectivity index (χ0v) is 53.7. The van der Waals surface area contributed by atoms with Crippen LogP contribution in [0.4, 0.5) is 0 Å². The van der Waals surface area contributed by atoms with Gasteiger partial charge in [-0.2, -0.15) is 0 Å². The number of benzene rings is 1.